The molecule has 1 N–H and O–H groups in total. The van der Waals surface area contributed by atoms with Crippen molar-refractivity contribution >= 4 is 5.69 Å². The van der Waals surface area contributed by atoms with Crippen molar-refractivity contribution in [3.8, 4) is 0 Å². The molecule has 0 amide bonds. The minimum Gasteiger partial charge on any atom is -0.379 e. The molecule has 0 aliphatic carbocycles. The maximum Gasteiger partial charge on any atom is 0.0575 e. The van der Waals surface area contributed by atoms with Crippen LogP contribution in [0, 0.1) is 0 Å². The highest BCUT2D eigenvalue weighted by atomic mass is 15.3. The summed E-state index contributed by atoms with van der Waals surface area (Å²) in [5, 5.41) is 7.69. The number of anilines is 1. The Labute approximate surface area is 109 Å². The van der Waals surface area contributed by atoms with Crippen molar-refractivity contribution in [3.05, 3.63) is 47.8 Å². The van der Waals surface area contributed by atoms with Gasteiger partial charge in [0.15, 0.2) is 0 Å². The lowest BCUT2D eigenvalue weighted by Crippen LogP contribution is -2.07. The monoisotopic (exact) mass is 243 g/mol. The summed E-state index contributed by atoms with van der Waals surface area (Å²) in [6, 6.07) is 10.7. The van der Waals surface area contributed by atoms with E-state index in [0.29, 0.717) is 5.92 Å². The summed E-state index contributed by atoms with van der Waals surface area (Å²) in [6.07, 6.45) is 1.85. The van der Waals surface area contributed by atoms with E-state index in [9.17, 15) is 0 Å². The summed E-state index contributed by atoms with van der Waals surface area (Å²) >= 11 is 0. The standard InChI is InChI=1S/C15H21N3/c1-4-18-15(9-10-17-18)11-16-14-7-5-13(6-8-14)12(2)3/h5-10,12,16H,4,11H2,1-3H3. The van der Waals surface area contributed by atoms with Gasteiger partial charge in [0.1, 0.15) is 0 Å². The average Bonchev–Trinajstić information content (AvgIpc) is 2.84. The van der Waals surface area contributed by atoms with Gasteiger partial charge in [0.25, 0.3) is 0 Å². The third-order valence-corrected chi connectivity index (χ3v) is 3.16. The molecule has 0 fully saturated rings. The molecule has 0 bridgehead atoms. The van der Waals surface area contributed by atoms with E-state index in [2.05, 4.69) is 61.5 Å². The normalized spacial score (nSPS) is 10.9. The molecule has 0 atom stereocenters. The Morgan fingerprint density at radius 2 is 1.89 bits per heavy atom. The lowest BCUT2D eigenvalue weighted by Gasteiger charge is -2.10. The van der Waals surface area contributed by atoms with Crippen LogP contribution in [0.4, 0.5) is 5.69 Å². The Bertz CT molecular complexity index is 483. The predicted octanol–water partition coefficient (Wildman–Crippen LogP) is 3.64. The molecule has 1 aromatic carbocycles. The van der Waals surface area contributed by atoms with Gasteiger partial charge in [-0.05, 0) is 36.6 Å². The van der Waals surface area contributed by atoms with E-state index < -0.39 is 0 Å². The smallest absolute Gasteiger partial charge is 0.0575 e. The Hall–Kier alpha value is -1.77. The topological polar surface area (TPSA) is 29.9 Å². The van der Waals surface area contributed by atoms with Crippen LogP contribution in [0.2, 0.25) is 0 Å². The number of nitrogens with one attached hydrogen (secondary N) is 1. The Morgan fingerprint density at radius 3 is 2.50 bits per heavy atom. The Balaban J connectivity index is 1.98. The van der Waals surface area contributed by atoms with E-state index in [1.807, 2.05) is 10.9 Å². The van der Waals surface area contributed by atoms with Crippen molar-refractivity contribution in [2.45, 2.75) is 39.8 Å². The number of aromatic nitrogens is 2. The lowest BCUT2D eigenvalue weighted by molar-refractivity contribution is 0.627. The summed E-state index contributed by atoms with van der Waals surface area (Å²) in [5.41, 5.74) is 3.74. The van der Waals surface area contributed by atoms with Gasteiger partial charge < -0.3 is 5.32 Å². The first-order valence-electron chi connectivity index (χ1n) is 6.55. The molecular formula is C15H21N3. The number of hydrogen-bond donors (Lipinski definition) is 1. The highest BCUT2D eigenvalue weighted by Gasteiger charge is 2.01. The number of benzene rings is 1. The summed E-state index contributed by atoms with van der Waals surface area (Å²) < 4.78 is 2.01. The van der Waals surface area contributed by atoms with E-state index in [4.69, 9.17) is 0 Å². The van der Waals surface area contributed by atoms with E-state index in [1.165, 1.54) is 11.3 Å². The van der Waals surface area contributed by atoms with Crippen LogP contribution in [0.5, 0.6) is 0 Å². The molecule has 0 aliphatic rings. The highest BCUT2D eigenvalue weighted by molar-refractivity contribution is 5.45. The quantitative estimate of drug-likeness (QED) is 0.869. The van der Waals surface area contributed by atoms with Crippen molar-refractivity contribution < 1.29 is 0 Å². The molecule has 1 heterocycles. The van der Waals surface area contributed by atoms with Crippen LogP contribution >= 0.6 is 0 Å². The fourth-order valence-corrected chi connectivity index (χ4v) is 1.97. The maximum absolute atomic E-state index is 4.26. The van der Waals surface area contributed by atoms with Crippen LogP contribution in [0.15, 0.2) is 36.5 Å². The molecule has 2 rings (SSSR count). The summed E-state index contributed by atoms with van der Waals surface area (Å²) in [4.78, 5) is 0. The fraction of sp³-hybridized carbons (Fsp3) is 0.400. The molecule has 0 saturated carbocycles. The van der Waals surface area contributed by atoms with E-state index in [-0.39, 0.29) is 0 Å². The molecule has 96 valence electrons. The fourth-order valence-electron chi connectivity index (χ4n) is 1.97. The Morgan fingerprint density at radius 1 is 1.17 bits per heavy atom. The van der Waals surface area contributed by atoms with Crippen LogP contribution in [0.25, 0.3) is 0 Å². The molecule has 0 unspecified atom stereocenters. The van der Waals surface area contributed by atoms with Crippen molar-refractivity contribution in [3.63, 3.8) is 0 Å². The van der Waals surface area contributed by atoms with Crippen molar-refractivity contribution in [1.29, 1.82) is 0 Å². The summed E-state index contributed by atoms with van der Waals surface area (Å²) in [5.74, 6) is 0.584. The zero-order chi connectivity index (χ0) is 13.0. The maximum atomic E-state index is 4.26. The zero-order valence-electron chi connectivity index (χ0n) is 11.4. The molecular weight excluding hydrogens is 222 g/mol. The third-order valence-electron chi connectivity index (χ3n) is 3.16. The number of aryl methyl sites for hydroxylation is 1. The van der Waals surface area contributed by atoms with Gasteiger partial charge in [0.2, 0.25) is 0 Å². The van der Waals surface area contributed by atoms with Crippen LogP contribution < -0.4 is 5.32 Å². The zero-order valence-corrected chi connectivity index (χ0v) is 11.4. The van der Waals surface area contributed by atoms with Gasteiger partial charge in [0, 0.05) is 18.4 Å². The lowest BCUT2D eigenvalue weighted by atomic mass is 10.0. The first-order valence-corrected chi connectivity index (χ1v) is 6.55. The second-order valence-electron chi connectivity index (χ2n) is 4.77. The van der Waals surface area contributed by atoms with E-state index >= 15 is 0 Å². The van der Waals surface area contributed by atoms with Gasteiger partial charge in [-0.15, -0.1) is 0 Å². The molecule has 0 aliphatic heterocycles. The van der Waals surface area contributed by atoms with E-state index in [0.717, 1.165) is 18.8 Å². The molecule has 2 aromatic rings. The van der Waals surface area contributed by atoms with Crippen molar-refractivity contribution in [2.24, 2.45) is 0 Å². The van der Waals surface area contributed by atoms with Crippen LogP contribution in [0.1, 0.15) is 37.9 Å². The van der Waals surface area contributed by atoms with Gasteiger partial charge in [-0.3, -0.25) is 4.68 Å². The van der Waals surface area contributed by atoms with Crippen molar-refractivity contribution in [2.75, 3.05) is 5.32 Å². The summed E-state index contributed by atoms with van der Waals surface area (Å²) in [6.45, 7) is 8.25. The first kappa shape index (κ1) is 12.7. The second-order valence-corrected chi connectivity index (χ2v) is 4.77. The first-order chi connectivity index (χ1) is 8.70. The van der Waals surface area contributed by atoms with Gasteiger partial charge in [-0.25, -0.2) is 0 Å². The third kappa shape index (κ3) is 2.92. The molecule has 0 saturated heterocycles. The van der Waals surface area contributed by atoms with Gasteiger partial charge in [-0.1, -0.05) is 26.0 Å². The molecule has 18 heavy (non-hydrogen) atoms. The molecule has 1 aromatic heterocycles. The summed E-state index contributed by atoms with van der Waals surface area (Å²) in [7, 11) is 0. The van der Waals surface area contributed by atoms with Gasteiger partial charge >= 0.3 is 0 Å². The van der Waals surface area contributed by atoms with Gasteiger partial charge in [-0.2, -0.15) is 5.10 Å². The number of rotatable bonds is 5. The molecule has 3 nitrogen and oxygen atoms in total. The van der Waals surface area contributed by atoms with Gasteiger partial charge in [0.05, 0.1) is 12.2 Å². The van der Waals surface area contributed by atoms with Crippen molar-refractivity contribution in [1.82, 2.24) is 9.78 Å². The number of hydrogen-bond acceptors (Lipinski definition) is 2. The molecule has 3 heteroatoms. The SMILES string of the molecule is CCn1nccc1CNc1ccc(C(C)C)cc1. The van der Waals surface area contributed by atoms with Crippen LogP contribution in [-0.4, -0.2) is 9.78 Å². The second kappa shape index (κ2) is 5.71. The average molecular weight is 243 g/mol. The highest BCUT2D eigenvalue weighted by Crippen LogP contribution is 2.17. The minimum absolute atomic E-state index is 0.584. The largest absolute Gasteiger partial charge is 0.379 e. The number of nitrogens with zero attached hydrogens (tertiary/aromatic N) is 2. The van der Waals surface area contributed by atoms with E-state index in [1.54, 1.807) is 0 Å². The molecule has 0 spiro atoms. The Kier molecular flexibility index (Phi) is 4.03. The van der Waals surface area contributed by atoms with Crippen LogP contribution in [0.3, 0.4) is 0 Å². The minimum atomic E-state index is 0.584. The predicted molar refractivity (Wildman–Crippen MR) is 75.8 cm³/mol. The van der Waals surface area contributed by atoms with Crippen LogP contribution in [-0.2, 0) is 13.1 Å². The molecule has 0 radical (unpaired) electrons.